The molecule has 1 heterocycles. The van der Waals surface area contributed by atoms with E-state index in [9.17, 15) is 0 Å². The molecule has 6 aromatic rings. The van der Waals surface area contributed by atoms with Crippen molar-refractivity contribution in [1.82, 2.24) is 9.55 Å². The average Bonchev–Trinajstić information content (AvgIpc) is 3.63. The van der Waals surface area contributed by atoms with Crippen LogP contribution in [0.25, 0.3) is 0 Å². The monoisotopic (exact) mass is 576 g/mol. The van der Waals surface area contributed by atoms with Gasteiger partial charge in [0.15, 0.2) is 0 Å². The Hall–Kier alpha value is -4.87. The van der Waals surface area contributed by atoms with Crippen LogP contribution in [0, 0.1) is 0 Å². The summed E-state index contributed by atoms with van der Waals surface area (Å²) in [5.74, 6) is 2.91. The lowest BCUT2D eigenvalue weighted by Gasteiger charge is -2.37. The molecule has 5 aromatic carbocycles. The van der Waals surface area contributed by atoms with E-state index in [1.807, 2.05) is 37.6 Å². The van der Waals surface area contributed by atoms with E-state index in [1.54, 1.807) is 0 Å². The number of hydrogen-bond acceptors (Lipinski definition) is 2. The molecule has 0 atom stereocenters. The van der Waals surface area contributed by atoms with Gasteiger partial charge in [0.25, 0.3) is 0 Å². The van der Waals surface area contributed by atoms with Gasteiger partial charge in [-0.1, -0.05) is 150 Å². The molecule has 0 aliphatic heterocycles. The molecule has 3 nitrogen and oxygen atoms in total. The normalized spacial score (nSPS) is 11.0. The van der Waals surface area contributed by atoms with Gasteiger partial charge in [0.2, 0.25) is 6.71 Å². The maximum absolute atomic E-state index is 5.63. The Morgan fingerprint density at radius 3 is 1.63 bits per heavy atom. The second-order valence-corrected chi connectivity index (χ2v) is 12.5. The van der Waals surface area contributed by atoms with Crippen molar-refractivity contribution < 1.29 is 4.74 Å². The van der Waals surface area contributed by atoms with Gasteiger partial charge in [0.05, 0.1) is 27.6 Å². The number of hydrogen-bond donors (Lipinski definition) is 0. The molecule has 5 heteroatoms. The SMILES string of the molecule is C=CB(c1ccccc1)c1ccccc1.CCOc1ccc([SiH2]C(c2ccccc2)(c2ccccc2)n2ccnc2)cc1. The van der Waals surface area contributed by atoms with Gasteiger partial charge in [-0.15, -0.1) is 12.6 Å². The van der Waals surface area contributed by atoms with Crippen LogP contribution in [0.2, 0.25) is 0 Å². The van der Waals surface area contributed by atoms with Gasteiger partial charge in [-0.25, -0.2) is 4.98 Å². The fraction of sp³-hybridized carbons (Fsp3) is 0.0789. The second kappa shape index (κ2) is 14.9. The molecule has 1 aromatic heterocycles. The summed E-state index contributed by atoms with van der Waals surface area (Å²) in [4.78, 5) is 4.38. The molecule has 43 heavy (non-hydrogen) atoms. The standard InChI is InChI=1S/C24H24N2OSi.C14H13B/c1-2-27-22-13-15-23(16-14-22)28-24(26-18-17-25-19-26,20-9-5-3-6-10-20)21-11-7-4-8-12-21;1-2-15(13-9-5-3-6-10-13)14-11-7-4-8-12-14/h3-19H,2,28H2,1H3;2-12H,1H2. The number of benzene rings is 5. The molecule has 0 aliphatic carbocycles. The summed E-state index contributed by atoms with van der Waals surface area (Å²) in [7, 11) is -0.832. The van der Waals surface area contributed by atoms with Crippen molar-refractivity contribution >= 4 is 32.3 Å². The van der Waals surface area contributed by atoms with Gasteiger partial charge in [0, 0.05) is 12.4 Å². The minimum atomic E-state index is -0.832. The van der Waals surface area contributed by atoms with Gasteiger partial charge in [-0.3, -0.25) is 0 Å². The summed E-state index contributed by atoms with van der Waals surface area (Å²) < 4.78 is 7.91. The van der Waals surface area contributed by atoms with Crippen molar-refractivity contribution in [1.29, 1.82) is 0 Å². The predicted molar refractivity (Wildman–Crippen MR) is 185 cm³/mol. The lowest BCUT2D eigenvalue weighted by Crippen LogP contribution is -2.46. The van der Waals surface area contributed by atoms with E-state index >= 15 is 0 Å². The summed E-state index contributed by atoms with van der Waals surface area (Å²) in [5.41, 5.74) is 5.16. The third-order valence-corrected chi connectivity index (χ3v) is 10.3. The average molecular weight is 577 g/mol. The summed E-state index contributed by atoms with van der Waals surface area (Å²) >= 11 is 0. The van der Waals surface area contributed by atoms with Crippen molar-refractivity contribution in [3.8, 4) is 5.75 Å². The van der Waals surface area contributed by atoms with Crippen LogP contribution in [0.4, 0.5) is 0 Å². The first-order valence-corrected chi connectivity index (χ1v) is 16.2. The molecule has 0 N–H and O–H groups in total. The van der Waals surface area contributed by atoms with Crippen molar-refractivity contribution in [2.45, 2.75) is 12.1 Å². The molecular formula is C38H37BN2OSi. The highest BCUT2D eigenvalue weighted by atomic mass is 28.2. The van der Waals surface area contributed by atoms with E-state index in [0.717, 1.165) is 5.75 Å². The molecule has 0 spiro atoms. The molecule has 0 bridgehead atoms. The van der Waals surface area contributed by atoms with Crippen LogP contribution in [-0.2, 0) is 5.16 Å². The van der Waals surface area contributed by atoms with E-state index in [4.69, 9.17) is 4.74 Å². The number of nitrogens with zero attached hydrogens (tertiary/aromatic N) is 2. The Labute approximate surface area is 258 Å². The largest absolute Gasteiger partial charge is 0.494 e. The molecule has 0 radical (unpaired) electrons. The molecule has 0 unspecified atom stereocenters. The van der Waals surface area contributed by atoms with Crippen molar-refractivity contribution in [2.24, 2.45) is 0 Å². The zero-order valence-electron chi connectivity index (χ0n) is 24.7. The minimum absolute atomic E-state index is 0.244. The molecule has 0 saturated carbocycles. The maximum atomic E-state index is 5.63. The highest BCUT2D eigenvalue weighted by molar-refractivity contribution is 6.89. The Kier molecular flexibility index (Phi) is 10.2. The highest BCUT2D eigenvalue weighted by Crippen LogP contribution is 2.33. The van der Waals surface area contributed by atoms with Crippen molar-refractivity contribution in [3.63, 3.8) is 0 Å². The Bertz CT molecular complexity index is 1570. The van der Waals surface area contributed by atoms with Crippen LogP contribution >= 0.6 is 0 Å². The first-order chi connectivity index (χ1) is 21.2. The topological polar surface area (TPSA) is 27.1 Å². The number of ether oxygens (including phenoxy) is 1. The van der Waals surface area contributed by atoms with Gasteiger partial charge < -0.3 is 9.30 Å². The van der Waals surface area contributed by atoms with Crippen molar-refractivity contribution in [2.75, 3.05) is 6.61 Å². The Morgan fingerprint density at radius 2 is 1.21 bits per heavy atom. The van der Waals surface area contributed by atoms with Crippen LogP contribution in [-0.4, -0.2) is 32.4 Å². The van der Waals surface area contributed by atoms with Crippen LogP contribution in [0.5, 0.6) is 5.75 Å². The molecule has 212 valence electrons. The predicted octanol–water partition coefficient (Wildman–Crippen LogP) is 5.55. The van der Waals surface area contributed by atoms with Gasteiger partial charge in [-0.2, -0.15) is 0 Å². The van der Waals surface area contributed by atoms with Crippen LogP contribution in [0.3, 0.4) is 0 Å². The first-order valence-electron chi connectivity index (χ1n) is 14.8. The van der Waals surface area contributed by atoms with Crippen LogP contribution < -0.4 is 20.8 Å². The zero-order valence-corrected chi connectivity index (χ0v) is 26.1. The smallest absolute Gasteiger partial charge is 0.233 e. The van der Waals surface area contributed by atoms with E-state index in [1.165, 1.54) is 27.2 Å². The van der Waals surface area contributed by atoms with E-state index in [0.29, 0.717) is 13.3 Å². The third-order valence-electron chi connectivity index (χ3n) is 7.70. The number of imidazole rings is 1. The second-order valence-electron chi connectivity index (χ2n) is 10.4. The van der Waals surface area contributed by atoms with Crippen LogP contribution in [0.1, 0.15) is 18.1 Å². The summed E-state index contributed by atoms with van der Waals surface area (Å²) in [5, 5.41) is 1.14. The zero-order chi connectivity index (χ0) is 29.7. The molecule has 0 saturated heterocycles. The summed E-state index contributed by atoms with van der Waals surface area (Å²) in [6.07, 6.45) is 5.90. The summed E-state index contributed by atoms with van der Waals surface area (Å²) in [6.45, 7) is 6.91. The molecule has 6 rings (SSSR count). The van der Waals surface area contributed by atoms with E-state index in [-0.39, 0.29) is 5.16 Å². The highest BCUT2D eigenvalue weighted by Gasteiger charge is 2.36. The van der Waals surface area contributed by atoms with E-state index < -0.39 is 9.52 Å². The van der Waals surface area contributed by atoms with Crippen molar-refractivity contribution in [3.05, 3.63) is 188 Å². The molecule has 0 amide bonds. The molecule has 0 aliphatic rings. The fourth-order valence-electron chi connectivity index (χ4n) is 5.62. The van der Waals surface area contributed by atoms with Gasteiger partial charge >= 0.3 is 0 Å². The molecule has 0 fully saturated rings. The minimum Gasteiger partial charge on any atom is -0.494 e. The maximum Gasteiger partial charge on any atom is 0.233 e. The Balaban J connectivity index is 0.000000207. The van der Waals surface area contributed by atoms with E-state index in [2.05, 4.69) is 156 Å². The number of rotatable bonds is 10. The third kappa shape index (κ3) is 7.14. The lowest BCUT2D eigenvalue weighted by atomic mass is 9.41. The first kappa shape index (κ1) is 29.6. The van der Waals surface area contributed by atoms with Gasteiger partial charge in [-0.05, 0) is 30.2 Å². The van der Waals surface area contributed by atoms with Gasteiger partial charge in [0.1, 0.15) is 5.75 Å². The molecular weight excluding hydrogens is 539 g/mol. The lowest BCUT2D eigenvalue weighted by molar-refractivity contribution is 0.340. The quantitative estimate of drug-likeness (QED) is 0.200. The fourth-order valence-corrected chi connectivity index (χ4v) is 7.94. The number of aromatic nitrogens is 2. The summed E-state index contributed by atoms with van der Waals surface area (Å²) in [6, 6.07) is 51.0. The van der Waals surface area contributed by atoms with Crippen LogP contribution in [0.15, 0.2) is 177 Å². The Morgan fingerprint density at radius 1 is 0.721 bits per heavy atom.